The van der Waals surface area contributed by atoms with Crippen molar-refractivity contribution in [3.8, 4) is 5.75 Å². The molecule has 1 atom stereocenters. The number of imide groups is 1. The molecule has 0 aliphatic carbocycles. The summed E-state index contributed by atoms with van der Waals surface area (Å²) in [5.41, 5.74) is 3.45. The Morgan fingerprint density at radius 3 is 2.65 bits per heavy atom. The minimum absolute atomic E-state index is 0.0854. The average molecular weight is 434 g/mol. The van der Waals surface area contributed by atoms with E-state index in [2.05, 4.69) is 22.7 Å². The number of unbranched alkanes of at least 4 members (excludes halogenated alkanes) is 1. The van der Waals surface area contributed by atoms with Crippen LogP contribution in [0.25, 0.3) is 0 Å². The standard InChI is InChI=1S/C22H31N3O6/c1-3-7-18(26)8-5-4-6-15-30-22(29)25-21(28)20(31-24-14-13-23-2)16-17-9-11-19(27)12-10-17/h3,5,7-12,20,23-24,26-27H,1,4,6,13-16H2,2H3,(H,25,28,29)/b8-5-,18-7+. The van der Waals surface area contributed by atoms with Gasteiger partial charge >= 0.3 is 6.09 Å². The van der Waals surface area contributed by atoms with Crippen LogP contribution in [0.5, 0.6) is 5.75 Å². The largest absolute Gasteiger partial charge is 0.508 e. The predicted octanol–water partition coefficient (Wildman–Crippen LogP) is 2.26. The predicted molar refractivity (Wildman–Crippen MR) is 117 cm³/mol. The van der Waals surface area contributed by atoms with Crippen LogP contribution in [0.3, 0.4) is 0 Å². The molecule has 170 valence electrons. The van der Waals surface area contributed by atoms with Gasteiger partial charge in [0.2, 0.25) is 0 Å². The summed E-state index contributed by atoms with van der Waals surface area (Å²) >= 11 is 0. The van der Waals surface area contributed by atoms with Crippen molar-refractivity contribution in [1.29, 1.82) is 0 Å². The number of likely N-dealkylation sites (N-methyl/N-ethyl adjacent to an activating group) is 1. The molecule has 9 nitrogen and oxygen atoms in total. The van der Waals surface area contributed by atoms with Crippen molar-refractivity contribution in [2.45, 2.75) is 25.4 Å². The van der Waals surface area contributed by atoms with E-state index < -0.39 is 18.1 Å². The number of allylic oxidation sites excluding steroid dienone is 4. The first-order valence-corrected chi connectivity index (χ1v) is 9.93. The first kappa shape index (κ1) is 25.9. The second kappa shape index (κ2) is 15.7. The van der Waals surface area contributed by atoms with Crippen LogP contribution < -0.4 is 16.1 Å². The van der Waals surface area contributed by atoms with Gasteiger partial charge in [-0.1, -0.05) is 30.9 Å². The molecule has 0 saturated heterocycles. The lowest BCUT2D eigenvalue weighted by molar-refractivity contribution is -0.137. The summed E-state index contributed by atoms with van der Waals surface area (Å²) in [6.45, 7) is 4.68. The van der Waals surface area contributed by atoms with Crippen LogP contribution >= 0.6 is 0 Å². The third-order valence-corrected chi connectivity index (χ3v) is 3.90. The fourth-order valence-corrected chi connectivity index (χ4v) is 2.33. The number of nitrogens with one attached hydrogen (secondary N) is 3. The van der Waals surface area contributed by atoms with Crippen molar-refractivity contribution in [2.75, 3.05) is 26.7 Å². The first-order valence-electron chi connectivity index (χ1n) is 9.93. The van der Waals surface area contributed by atoms with E-state index in [-0.39, 0.29) is 24.5 Å². The monoisotopic (exact) mass is 433 g/mol. The van der Waals surface area contributed by atoms with Crippen LogP contribution in [0.2, 0.25) is 0 Å². The molecule has 0 aliphatic rings. The number of carbonyl (C=O) groups excluding carboxylic acids is 2. The molecule has 0 aliphatic heterocycles. The lowest BCUT2D eigenvalue weighted by Crippen LogP contribution is -2.44. The quantitative estimate of drug-likeness (QED) is 0.131. The number of amides is 2. The summed E-state index contributed by atoms with van der Waals surface area (Å²) in [5.74, 6) is -0.445. The number of phenols is 1. The lowest BCUT2D eigenvalue weighted by Gasteiger charge is -2.17. The van der Waals surface area contributed by atoms with E-state index >= 15 is 0 Å². The molecule has 0 saturated carbocycles. The highest BCUT2D eigenvalue weighted by Gasteiger charge is 2.23. The number of alkyl carbamates (subject to hydrolysis) is 1. The van der Waals surface area contributed by atoms with Gasteiger partial charge in [0.1, 0.15) is 11.5 Å². The van der Waals surface area contributed by atoms with Crippen molar-refractivity contribution >= 4 is 12.0 Å². The zero-order chi connectivity index (χ0) is 22.9. The summed E-state index contributed by atoms with van der Waals surface area (Å²) < 4.78 is 5.01. The van der Waals surface area contributed by atoms with Gasteiger partial charge in [0.05, 0.1) is 6.61 Å². The Kier molecular flexibility index (Phi) is 13.1. The third-order valence-electron chi connectivity index (χ3n) is 3.90. The number of phenolic OH excluding ortho intramolecular Hbond substituents is 1. The number of hydrogen-bond donors (Lipinski definition) is 5. The lowest BCUT2D eigenvalue weighted by atomic mass is 10.1. The van der Waals surface area contributed by atoms with Gasteiger partial charge < -0.3 is 20.3 Å². The van der Waals surface area contributed by atoms with E-state index in [9.17, 15) is 19.8 Å². The average Bonchev–Trinajstić information content (AvgIpc) is 2.74. The molecule has 9 heteroatoms. The molecule has 0 aromatic heterocycles. The maximum absolute atomic E-state index is 12.5. The minimum Gasteiger partial charge on any atom is -0.508 e. The van der Waals surface area contributed by atoms with Crippen LogP contribution in [0, 0.1) is 0 Å². The maximum Gasteiger partial charge on any atom is 0.413 e. The second-order valence-electron chi connectivity index (χ2n) is 6.47. The molecule has 0 bridgehead atoms. The summed E-state index contributed by atoms with van der Waals surface area (Å²) in [5, 5.41) is 23.9. The van der Waals surface area contributed by atoms with Crippen molar-refractivity contribution < 1.29 is 29.4 Å². The van der Waals surface area contributed by atoms with E-state index in [1.165, 1.54) is 30.4 Å². The van der Waals surface area contributed by atoms with Crippen LogP contribution in [0.15, 0.2) is 60.9 Å². The molecule has 31 heavy (non-hydrogen) atoms. The highest BCUT2D eigenvalue weighted by atomic mass is 16.7. The van der Waals surface area contributed by atoms with Gasteiger partial charge in [0.15, 0.2) is 6.10 Å². The normalized spacial score (nSPS) is 12.5. The number of aromatic hydroxyl groups is 1. The molecule has 1 rings (SSSR count). The van der Waals surface area contributed by atoms with E-state index in [0.717, 1.165) is 5.56 Å². The molecule has 0 spiro atoms. The zero-order valence-electron chi connectivity index (χ0n) is 17.7. The Labute approximate surface area is 182 Å². The number of aliphatic hydroxyl groups excluding tert-OH is 1. The van der Waals surface area contributed by atoms with Crippen LogP contribution in [-0.4, -0.2) is 55.1 Å². The Morgan fingerprint density at radius 2 is 1.97 bits per heavy atom. The number of hydrogen-bond acceptors (Lipinski definition) is 8. The fourth-order valence-electron chi connectivity index (χ4n) is 2.33. The van der Waals surface area contributed by atoms with Crippen LogP contribution in [0.1, 0.15) is 18.4 Å². The highest BCUT2D eigenvalue weighted by molar-refractivity contribution is 5.94. The summed E-state index contributed by atoms with van der Waals surface area (Å²) in [6.07, 6.45) is 5.65. The molecule has 1 aromatic carbocycles. The van der Waals surface area contributed by atoms with E-state index in [1.54, 1.807) is 25.3 Å². The Morgan fingerprint density at radius 1 is 1.23 bits per heavy atom. The number of hydroxylamine groups is 1. The Hall–Kier alpha value is -3.14. The minimum atomic E-state index is -0.975. The van der Waals surface area contributed by atoms with E-state index in [1.807, 2.05) is 0 Å². The Bertz CT molecular complexity index is 746. The van der Waals surface area contributed by atoms with Gasteiger partial charge in [0, 0.05) is 19.5 Å². The van der Waals surface area contributed by atoms with Crippen molar-refractivity contribution in [2.24, 2.45) is 0 Å². The van der Waals surface area contributed by atoms with Gasteiger partial charge in [-0.15, -0.1) is 0 Å². The zero-order valence-corrected chi connectivity index (χ0v) is 17.7. The maximum atomic E-state index is 12.5. The number of carbonyl (C=O) groups is 2. The molecular weight excluding hydrogens is 402 g/mol. The van der Waals surface area contributed by atoms with Gasteiger partial charge in [-0.25, -0.2) is 10.3 Å². The summed E-state index contributed by atoms with van der Waals surface area (Å²) in [7, 11) is 1.79. The number of ether oxygens (including phenoxy) is 1. The molecule has 1 unspecified atom stereocenters. The van der Waals surface area contributed by atoms with Gasteiger partial charge in [0.25, 0.3) is 5.91 Å². The van der Waals surface area contributed by atoms with Crippen molar-refractivity contribution in [1.82, 2.24) is 16.1 Å². The van der Waals surface area contributed by atoms with Crippen molar-refractivity contribution in [3.05, 3.63) is 66.5 Å². The highest BCUT2D eigenvalue weighted by Crippen LogP contribution is 2.12. The molecule has 5 N–H and O–H groups in total. The third kappa shape index (κ3) is 12.2. The first-order chi connectivity index (χ1) is 15.0. The molecule has 0 radical (unpaired) electrons. The molecule has 2 amide bonds. The molecule has 1 aromatic rings. The van der Waals surface area contributed by atoms with Crippen molar-refractivity contribution in [3.63, 3.8) is 0 Å². The SMILES string of the molecule is C=C/C=C(O)\C=C/CCCOC(=O)NC(=O)C(Cc1ccc(O)cc1)ONCCNC. The van der Waals surface area contributed by atoms with Crippen LogP contribution in [-0.2, 0) is 20.8 Å². The van der Waals surface area contributed by atoms with E-state index in [4.69, 9.17) is 9.57 Å². The van der Waals surface area contributed by atoms with E-state index in [0.29, 0.717) is 25.9 Å². The van der Waals surface area contributed by atoms with Gasteiger partial charge in [-0.2, -0.15) is 0 Å². The topological polar surface area (TPSA) is 129 Å². The second-order valence-corrected chi connectivity index (χ2v) is 6.47. The van der Waals surface area contributed by atoms with Gasteiger partial charge in [-0.05, 0) is 49.7 Å². The smallest absolute Gasteiger partial charge is 0.413 e. The Balaban J connectivity index is 2.47. The molecule has 0 heterocycles. The number of benzene rings is 1. The number of aliphatic hydroxyl groups is 1. The van der Waals surface area contributed by atoms with Gasteiger partial charge in [-0.3, -0.25) is 14.9 Å². The fraction of sp³-hybridized carbons (Fsp3) is 0.364. The molecule has 0 fully saturated rings. The molecular formula is C22H31N3O6. The summed E-state index contributed by atoms with van der Waals surface area (Å²) in [6, 6.07) is 6.35. The summed E-state index contributed by atoms with van der Waals surface area (Å²) in [4.78, 5) is 29.8. The van der Waals surface area contributed by atoms with Crippen LogP contribution in [0.4, 0.5) is 4.79 Å². The number of rotatable bonds is 14.